The van der Waals surface area contributed by atoms with Crippen molar-refractivity contribution < 1.29 is 14.3 Å². The molecule has 0 radical (unpaired) electrons. The molecule has 4 heteroatoms. The van der Waals surface area contributed by atoms with Crippen LogP contribution in [-0.4, -0.2) is 19.7 Å². The molecule has 4 nitrogen and oxygen atoms in total. The second kappa shape index (κ2) is 4.31. The number of rotatable bonds is 3. The molecule has 0 aromatic heterocycles. The first-order valence-electron chi connectivity index (χ1n) is 4.82. The van der Waals surface area contributed by atoms with Crippen LogP contribution in [0.15, 0.2) is 18.2 Å². The lowest BCUT2D eigenvalue weighted by Gasteiger charge is -2.06. The maximum Gasteiger partial charge on any atom is 0.343 e. The molecule has 0 spiro atoms. The molecule has 1 aliphatic heterocycles. The SMILES string of the molecule is COC(=O)COc1ccc2c(c1)CNC2. The predicted octanol–water partition coefficient (Wildman–Crippen LogP) is 0.842. The molecule has 1 aliphatic rings. The lowest BCUT2D eigenvalue weighted by molar-refractivity contribution is -0.142. The fourth-order valence-corrected chi connectivity index (χ4v) is 1.56. The summed E-state index contributed by atoms with van der Waals surface area (Å²) < 4.78 is 9.77. The van der Waals surface area contributed by atoms with E-state index in [0.717, 1.165) is 13.1 Å². The van der Waals surface area contributed by atoms with Crippen LogP contribution in [-0.2, 0) is 22.6 Å². The minimum atomic E-state index is -0.367. The highest BCUT2D eigenvalue weighted by molar-refractivity contribution is 5.70. The highest BCUT2D eigenvalue weighted by Crippen LogP contribution is 2.21. The molecule has 80 valence electrons. The largest absolute Gasteiger partial charge is 0.482 e. The summed E-state index contributed by atoms with van der Waals surface area (Å²) in [7, 11) is 1.35. The zero-order valence-corrected chi connectivity index (χ0v) is 8.58. The normalized spacial score (nSPS) is 13.4. The average Bonchev–Trinajstić information content (AvgIpc) is 2.72. The Bertz CT molecular complexity index is 376. The van der Waals surface area contributed by atoms with Gasteiger partial charge in [-0.25, -0.2) is 4.79 Å². The van der Waals surface area contributed by atoms with E-state index in [9.17, 15) is 4.79 Å². The monoisotopic (exact) mass is 207 g/mol. The van der Waals surface area contributed by atoms with Gasteiger partial charge in [-0.3, -0.25) is 0 Å². The molecule has 15 heavy (non-hydrogen) atoms. The van der Waals surface area contributed by atoms with Crippen molar-refractivity contribution in [3.8, 4) is 5.75 Å². The minimum Gasteiger partial charge on any atom is -0.482 e. The van der Waals surface area contributed by atoms with Crippen LogP contribution in [0.5, 0.6) is 5.75 Å². The summed E-state index contributed by atoms with van der Waals surface area (Å²) in [5.74, 6) is 0.344. The number of ether oxygens (including phenoxy) is 2. The number of esters is 1. The lowest BCUT2D eigenvalue weighted by Crippen LogP contribution is -2.12. The van der Waals surface area contributed by atoms with Crippen molar-refractivity contribution in [1.82, 2.24) is 5.32 Å². The van der Waals surface area contributed by atoms with Gasteiger partial charge >= 0.3 is 5.97 Å². The van der Waals surface area contributed by atoms with Crippen LogP contribution >= 0.6 is 0 Å². The Morgan fingerprint density at radius 2 is 2.20 bits per heavy atom. The van der Waals surface area contributed by atoms with E-state index >= 15 is 0 Å². The van der Waals surface area contributed by atoms with E-state index in [4.69, 9.17) is 4.74 Å². The molecule has 0 bridgehead atoms. The molecule has 0 unspecified atom stereocenters. The van der Waals surface area contributed by atoms with Gasteiger partial charge in [-0.2, -0.15) is 0 Å². The van der Waals surface area contributed by atoms with Crippen LogP contribution in [0.2, 0.25) is 0 Å². The quantitative estimate of drug-likeness (QED) is 0.746. The molecule has 1 N–H and O–H groups in total. The number of hydrogen-bond donors (Lipinski definition) is 1. The number of fused-ring (bicyclic) bond motifs is 1. The Hall–Kier alpha value is -1.55. The second-order valence-corrected chi connectivity index (χ2v) is 3.40. The summed E-state index contributed by atoms with van der Waals surface area (Å²) >= 11 is 0. The molecule has 0 saturated heterocycles. The van der Waals surface area contributed by atoms with Gasteiger partial charge in [-0.05, 0) is 23.3 Å². The van der Waals surface area contributed by atoms with Gasteiger partial charge in [0.15, 0.2) is 6.61 Å². The minimum absolute atomic E-state index is 0.0390. The van der Waals surface area contributed by atoms with Crippen LogP contribution < -0.4 is 10.1 Å². The van der Waals surface area contributed by atoms with Crippen LogP contribution in [0.25, 0.3) is 0 Å². The standard InChI is InChI=1S/C11H13NO3/c1-14-11(13)7-15-10-3-2-8-5-12-6-9(8)4-10/h2-4,12H,5-7H2,1H3. The number of nitrogens with one attached hydrogen (secondary N) is 1. The van der Waals surface area contributed by atoms with Crippen LogP contribution in [0.4, 0.5) is 0 Å². The number of hydrogen-bond acceptors (Lipinski definition) is 4. The Morgan fingerprint density at radius 3 is 3.00 bits per heavy atom. The zero-order valence-electron chi connectivity index (χ0n) is 8.58. The van der Waals surface area contributed by atoms with Crippen molar-refractivity contribution in [1.29, 1.82) is 0 Å². The van der Waals surface area contributed by atoms with E-state index < -0.39 is 0 Å². The molecule has 0 atom stereocenters. The topological polar surface area (TPSA) is 47.6 Å². The maximum absolute atomic E-state index is 10.9. The third-order valence-corrected chi connectivity index (χ3v) is 2.39. The first-order valence-corrected chi connectivity index (χ1v) is 4.82. The number of benzene rings is 1. The summed E-state index contributed by atoms with van der Waals surface area (Å²) in [6.45, 7) is 1.74. The van der Waals surface area contributed by atoms with E-state index in [1.807, 2.05) is 18.2 Å². The molecular formula is C11H13NO3. The van der Waals surface area contributed by atoms with Crippen molar-refractivity contribution in [3.63, 3.8) is 0 Å². The summed E-state index contributed by atoms with van der Waals surface area (Å²) in [5.41, 5.74) is 2.53. The molecule has 0 amide bonds. The molecule has 0 saturated carbocycles. The third kappa shape index (κ3) is 2.27. The Labute approximate surface area is 88.2 Å². The van der Waals surface area contributed by atoms with Gasteiger partial charge < -0.3 is 14.8 Å². The van der Waals surface area contributed by atoms with Crippen molar-refractivity contribution in [2.24, 2.45) is 0 Å². The molecule has 0 aliphatic carbocycles. The van der Waals surface area contributed by atoms with Gasteiger partial charge in [0.25, 0.3) is 0 Å². The van der Waals surface area contributed by atoms with E-state index in [-0.39, 0.29) is 12.6 Å². The van der Waals surface area contributed by atoms with Crippen molar-refractivity contribution in [2.75, 3.05) is 13.7 Å². The fraction of sp³-hybridized carbons (Fsp3) is 0.364. The first kappa shape index (κ1) is 9.98. The fourth-order valence-electron chi connectivity index (χ4n) is 1.56. The summed E-state index contributed by atoms with van der Waals surface area (Å²) in [6.07, 6.45) is 0. The Kier molecular flexibility index (Phi) is 2.87. The average molecular weight is 207 g/mol. The van der Waals surface area contributed by atoms with Gasteiger partial charge in [-0.15, -0.1) is 0 Å². The van der Waals surface area contributed by atoms with Gasteiger partial charge in [0.1, 0.15) is 5.75 Å². The Balaban J connectivity index is 2.01. The van der Waals surface area contributed by atoms with E-state index in [2.05, 4.69) is 10.1 Å². The molecular weight excluding hydrogens is 194 g/mol. The summed E-state index contributed by atoms with van der Waals surface area (Å²) in [4.78, 5) is 10.9. The molecule has 0 fully saturated rings. The molecule has 2 rings (SSSR count). The first-order chi connectivity index (χ1) is 7.29. The number of methoxy groups -OCH3 is 1. The smallest absolute Gasteiger partial charge is 0.343 e. The van der Waals surface area contributed by atoms with Crippen LogP contribution in [0, 0.1) is 0 Å². The lowest BCUT2D eigenvalue weighted by atomic mass is 10.1. The number of carbonyl (C=O) groups is 1. The van der Waals surface area contributed by atoms with Gasteiger partial charge in [-0.1, -0.05) is 6.07 Å². The second-order valence-electron chi connectivity index (χ2n) is 3.40. The van der Waals surface area contributed by atoms with Crippen molar-refractivity contribution in [3.05, 3.63) is 29.3 Å². The highest BCUT2D eigenvalue weighted by Gasteiger charge is 2.11. The predicted molar refractivity (Wildman–Crippen MR) is 54.5 cm³/mol. The Morgan fingerprint density at radius 1 is 1.40 bits per heavy atom. The van der Waals surface area contributed by atoms with Crippen LogP contribution in [0.3, 0.4) is 0 Å². The van der Waals surface area contributed by atoms with Gasteiger partial charge in [0.05, 0.1) is 7.11 Å². The van der Waals surface area contributed by atoms with Crippen LogP contribution in [0.1, 0.15) is 11.1 Å². The summed E-state index contributed by atoms with van der Waals surface area (Å²) in [6, 6.07) is 5.84. The van der Waals surface area contributed by atoms with Gasteiger partial charge in [0.2, 0.25) is 0 Å². The van der Waals surface area contributed by atoms with Gasteiger partial charge in [0, 0.05) is 13.1 Å². The summed E-state index contributed by atoms with van der Waals surface area (Å²) in [5, 5.41) is 3.24. The van der Waals surface area contributed by atoms with E-state index in [1.54, 1.807) is 0 Å². The van der Waals surface area contributed by atoms with Crippen molar-refractivity contribution in [2.45, 2.75) is 13.1 Å². The van der Waals surface area contributed by atoms with Crippen molar-refractivity contribution >= 4 is 5.97 Å². The van der Waals surface area contributed by atoms with E-state index in [0.29, 0.717) is 5.75 Å². The van der Waals surface area contributed by atoms with E-state index in [1.165, 1.54) is 18.2 Å². The zero-order chi connectivity index (χ0) is 10.7. The maximum atomic E-state index is 10.9. The third-order valence-electron chi connectivity index (χ3n) is 2.39. The highest BCUT2D eigenvalue weighted by atomic mass is 16.6. The molecule has 1 heterocycles. The molecule has 1 aromatic rings. The number of carbonyl (C=O) groups excluding carboxylic acids is 1. The molecule has 1 aromatic carbocycles.